The lowest BCUT2D eigenvalue weighted by Crippen LogP contribution is -2.49. The Hall–Kier alpha value is -2.24. The Bertz CT molecular complexity index is 566. The summed E-state index contributed by atoms with van der Waals surface area (Å²) >= 11 is 0. The van der Waals surface area contributed by atoms with Gasteiger partial charge in [0.15, 0.2) is 11.5 Å². The van der Waals surface area contributed by atoms with Crippen LogP contribution in [0.2, 0.25) is 0 Å². The number of hydrogen-bond donors (Lipinski definition) is 2. The number of hydrogen-bond acceptors (Lipinski definition) is 4. The summed E-state index contributed by atoms with van der Waals surface area (Å²) < 4.78 is 11.0. The quantitative estimate of drug-likeness (QED) is 0.842. The largest absolute Gasteiger partial charge is 0.486 e. The number of amides is 1. The number of nitrogens with one attached hydrogen (secondary N) is 1. The van der Waals surface area contributed by atoms with Gasteiger partial charge in [0.25, 0.3) is 5.91 Å². The second-order valence-electron chi connectivity index (χ2n) is 5.34. The van der Waals surface area contributed by atoms with Crippen LogP contribution in [0.25, 0.3) is 0 Å². The van der Waals surface area contributed by atoms with E-state index in [1.165, 1.54) is 0 Å². The van der Waals surface area contributed by atoms with Crippen molar-refractivity contribution in [2.75, 3.05) is 13.2 Å². The molecule has 0 spiro atoms. The molecule has 0 saturated carbocycles. The fourth-order valence-electron chi connectivity index (χ4n) is 2.57. The fraction of sp³-hybridized carbons (Fsp3) is 0.500. The van der Waals surface area contributed by atoms with Gasteiger partial charge in [-0.1, -0.05) is 19.9 Å². The van der Waals surface area contributed by atoms with E-state index in [-0.39, 0.29) is 12.3 Å². The van der Waals surface area contributed by atoms with Gasteiger partial charge in [-0.15, -0.1) is 0 Å². The van der Waals surface area contributed by atoms with E-state index in [2.05, 4.69) is 5.32 Å². The molecule has 2 rings (SSSR count). The molecule has 1 aliphatic heterocycles. The number of ether oxygens (including phenoxy) is 2. The molecular formula is C16H21NO5. The summed E-state index contributed by atoms with van der Waals surface area (Å²) in [7, 11) is 0. The number of rotatable bonds is 6. The zero-order valence-corrected chi connectivity index (χ0v) is 12.8. The van der Waals surface area contributed by atoms with Crippen LogP contribution >= 0.6 is 0 Å². The van der Waals surface area contributed by atoms with Crippen molar-refractivity contribution in [2.24, 2.45) is 0 Å². The van der Waals surface area contributed by atoms with Crippen molar-refractivity contribution in [3.63, 3.8) is 0 Å². The topological polar surface area (TPSA) is 84.9 Å². The molecule has 6 heteroatoms. The number of para-hydroxylation sites is 1. The number of carbonyl (C=O) groups is 2. The van der Waals surface area contributed by atoms with E-state index in [9.17, 15) is 9.59 Å². The average molecular weight is 307 g/mol. The molecular weight excluding hydrogens is 286 g/mol. The minimum Gasteiger partial charge on any atom is -0.486 e. The molecule has 0 unspecified atom stereocenters. The Kier molecular flexibility index (Phi) is 4.90. The van der Waals surface area contributed by atoms with E-state index >= 15 is 0 Å². The van der Waals surface area contributed by atoms with Crippen molar-refractivity contribution >= 4 is 11.9 Å². The van der Waals surface area contributed by atoms with Crippen LogP contribution in [-0.4, -0.2) is 35.7 Å². The highest BCUT2D eigenvalue weighted by Crippen LogP contribution is 2.34. The van der Waals surface area contributed by atoms with E-state index in [0.29, 0.717) is 43.1 Å². The van der Waals surface area contributed by atoms with E-state index in [0.717, 1.165) is 0 Å². The van der Waals surface area contributed by atoms with Gasteiger partial charge in [0.2, 0.25) is 0 Å². The molecule has 6 nitrogen and oxygen atoms in total. The molecule has 1 aromatic rings. The first kappa shape index (κ1) is 16.1. The Labute approximate surface area is 129 Å². The molecule has 120 valence electrons. The Balaban J connectivity index is 2.26. The number of carboxylic acids is 1. The lowest BCUT2D eigenvalue weighted by Gasteiger charge is -2.32. The summed E-state index contributed by atoms with van der Waals surface area (Å²) in [6.45, 7) is 4.57. The van der Waals surface area contributed by atoms with E-state index in [1.54, 1.807) is 18.2 Å². The lowest BCUT2D eigenvalue weighted by atomic mass is 9.88. The van der Waals surface area contributed by atoms with Crippen molar-refractivity contribution in [1.82, 2.24) is 5.32 Å². The average Bonchev–Trinajstić information content (AvgIpc) is 2.53. The third-order valence-electron chi connectivity index (χ3n) is 4.03. The smallest absolute Gasteiger partial charge is 0.305 e. The normalized spacial score (nSPS) is 13.5. The molecule has 2 N–H and O–H groups in total. The minimum atomic E-state index is -0.932. The molecule has 0 fully saturated rings. The maximum Gasteiger partial charge on any atom is 0.305 e. The van der Waals surface area contributed by atoms with Crippen LogP contribution in [0.3, 0.4) is 0 Å². The van der Waals surface area contributed by atoms with E-state index in [4.69, 9.17) is 14.6 Å². The summed E-state index contributed by atoms with van der Waals surface area (Å²) in [5.41, 5.74) is -0.393. The van der Waals surface area contributed by atoms with Crippen LogP contribution < -0.4 is 14.8 Å². The SMILES string of the molecule is CCC(CC)(CC(=O)O)NC(=O)c1cccc2c1OCCO2. The Morgan fingerprint density at radius 3 is 2.55 bits per heavy atom. The molecule has 0 atom stereocenters. The molecule has 1 amide bonds. The van der Waals surface area contributed by atoms with Gasteiger partial charge in [-0.05, 0) is 25.0 Å². The third-order valence-corrected chi connectivity index (χ3v) is 4.03. The summed E-state index contributed by atoms with van der Waals surface area (Å²) in [6, 6.07) is 5.12. The van der Waals surface area contributed by atoms with Gasteiger partial charge in [-0.25, -0.2) is 0 Å². The monoisotopic (exact) mass is 307 g/mol. The van der Waals surface area contributed by atoms with E-state index in [1.807, 2.05) is 13.8 Å². The molecule has 1 heterocycles. The van der Waals surface area contributed by atoms with Crippen molar-refractivity contribution < 1.29 is 24.2 Å². The predicted octanol–water partition coefficient (Wildman–Crippen LogP) is 2.22. The van der Waals surface area contributed by atoms with Gasteiger partial charge in [0, 0.05) is 0 Å². The number of benzene rings is 1. The highest BCUT2D eigenvalue weighted by Gasteiger charge is 2.32. The van der Waals surface area contributed by atoms with Crippen molar-refractivity contribution in [3.05, 3.63) is 23.8 Å². The molecule has 1 aliphatic rings. The zero-order chi connectivity index (χ0) is 16.2. The Morgan fingerprint density at radius 1 is 1.23 bits per heavy atom. The third kappa shape index (κ3) is 3.32. The fourth-order valence-corrected chi connectivity index (χ4v) is 2.57. The second kappa shape index (κ2) is 6.68. The maximum atomic E-state index is 12.6. The highest BCUT2D eigenvalue weighted by molar-refractivity contribution is 5.98. The van der Waals surface area contributed by atoms with Crippen LogP contribution in [0.1, 0.15) is 43.5 Å². The van der Waals surface area contributed by atoms with Crippen LogP contribution in [0, 0.1) is 0 Å². The second-order valence-corrected chi connectivity index (χ2v) is 5.34. The van der Waals surface area contributed by atoms with Gasteiger partial charge in [-0.3, -0.25) is 9.59 Å². The van der Waals surface area contributed by atoms with Gasteiger partial charge < -0.3 is 19.9 Å². The zero-order valence-electron chi connectivity index (χ0n) is 12.8. The van der Waals surface area contributed by atoms with Gasteiger partial charge in [0.05, 0.1) is 17.5 Å². The summed E-state index contributed by atoms with van der Waals surface area (Å²) in [6.07, 6.45) is 0.958. The Morgan fingerprint density at radius 2 is 1.91 bits per heavy atom. The van der Waals surface area contributed by atoms with Crippen LogP contribution in [-0.2, 0) is 4.79 Å². The predicted molar refractivity (Wildman–Crippen MR) is 80.5 cm³/mol. The van der Waals surface area contributed by atoms with Gasteiger partial charge >= 0.3 is 5.97 Å². The van der Waals surface area contributed by atoms with Crippen molar-refractivity contribution in [1.29, 1.82) is 0 Å². The lowest BCUT2D eigenvalue weighted by molar-refractivity contribution is -0.138. The van der Waals surface area contributed by atoms with Crippen LogP contribution in [0.15, 0.2) is 18.2 Å². The molecule has 1 aromatic carbocycles. The molecule has 22 heavy (non-hydrogen) atoms. The van der Waals surface area contributed by atoms with E-state index < -0.39 is 11.5 Å². The summed E-state index contributed by atoms with van der Waals surface area (Å²) in [4.78, 5) is 23.7. The summed E-state index contributed by atoms with van der Waals surface area (Å²) in [5, 5.41) is 12.0. The summed E-state index contributed by atoms with van der Waals surface area (Å²) in [5.74, 6) is -0.315. The van der Waals surface area contributed by atoms with Crippen molar-refractivity contribution in [3.8, 4) is 11.5 Å². The van der Waals surface area contributed by atoms with Gasteiger partial charge in [-0.2, -0.15) is 0 Å². The van der Waals surface area contributed by atoms with Crippen LogP contribution in [0.4, 0.5) is 0 Å². The molecule has 0 aliphatic carbocycles. The molecule has 0 saturated heterocycles. The van der Waals surface area contributed by atoms with Gasteiger partial charge in [0.1, 0.15) is 13.2 Å². The number of fused-ring (bicyclic) bond motifs is 1. The first-order valence-electron chi connectivity index (χ1n) is 7.44. The van der Waals surface area contributed by atoms with Crippen LogP contribution in [0.5, 0.6) is 11.5 Å². The highest BCUT2D eigenvalue weighted by atomic mass is 16.6. The number of carbonyl (C=O) groups excluding carboxylic acids is 1. The van der Waals surface area contributed by atoms with Crippen molar-refractivity contribution in [2.45, 2.75) is 38.6 Å². The first-order valence-corrected chi connectivity index (χ1v) is 7.44. The molecule has 0 bridgehead atoms. The molecule has 0 radical (unpaired) electrons. The minimum absolute atomic E-state index is 0.113. The molecule has 0 aromatic heterocycles. The first-order chi connectivity index (χ1) is 10.5. The standard InChI is InChI=1S/C16H21NO5/c1-3-16(4-2,10-13(18)19)17-15(20)11-6-5-7-12-14(11)22-9-8-21-12/h5-7H,3-4,8-10H2,1-2H3,(H,17,20)(H,18,19). The maximum absolute atomic E-state index is 12.6. The number of aliphatic carboxylic acids is 1. The number of carboxylic acid groups (broad SMARTS) is 1.